The van der Waals surface area contributed by atoms with Crippen molar-refractivity contribution in [1.82, 2.24) is 0 Å². The highest BCUT2D eigenvalue weighted by molar-refractivity contribution is 8.77. The van der Waals surface area contributed by atoms with Crippen molar-refractivity contribution >= 4 is 21.6 Å². The Hall–Kier alpha value is 0.660. The Kier molecular flexibility index (Phi) is 10.7. The van der Waals surface area contributed by atoms with Gasteiger partial charge in [-0.05, 0) is 18.8 Å². The van der Waals surface area contributed by atoms with Gasteiger partial charge in [0.05, 0.1) is 0 Å². The molecule has 1 rings (SSSR count). The molecule has 0 radical (unpaired) electrons. The molecule has 0 aromatic heterocycles. The average molecular weight is 235 g/mol. The van der Waals surface area contributed by atoms with Gasteiger partial charge in [0, 0.05) is 11.0 Å². The molecule has 0 aromatic carbocycles. The van der Waals surface area contributed by atoms with Crippen molar-refractivity contribution in [2.24, 2.45) is 5.92 Å². The Labute approximate surface area is 96.8 Å². The van der Waals surface area contributed by atoms with Crippen molar-refractivity contribution in [2.45, 2.75) is 51.2 Å². The summed E-state index contributed by atoms with van der Waals surface area (Å²) in [6.07, 6.45) is 7.24. The van der Waals surface area contributed by atoms with Gasteiger partial charge in [0.1, 0.15) is 0 Å². The summed E-state index contributed by atoms with van der Waals surface area (Å²) >= 11 is 0. The Bertz CT molecular complexity index is 112. The summed E-state index contributed by atoms with van der Waals surface area (Å²) < 4.78 is 0. The second-order valence-electron chi connectivity index (χ2n) is 4.01. The maximum Gasteiger partial charge on any atom is 0.0159 e. The molecule has 1 aliphatic rings. The normalized spacial score (nSPS) is 20.8. The van der Waals surface area contributed by atoms with Crippen LogP contribution in [0.15, 0.2) is 0 Å². The van der Waals surface area contributed by atoms with Gasteiger partial charge >= 0.3 is 0 Å². The van der Waals surface area contributed by atoms with E-state index in [4.69, 9.17) is 5.11 Å². The number of unbranched alkanes of at least 4 members (excludes halogenated alkanes) is 1. The van der Waals surface area contributed by atoms with Crippen molar-refractivity contribution in [3.63, 3.8) is 0 Å². The van der Waals surface area contributed by atoms with Crippen LogP contribution in [-0.2, 0) is 0 Å². The van der Waals surface area contributed by atoms with E-state index in [1.54, 1.807) is 0 Å². The summed E-state index contributed by atoms with van der Waals surface area (Å²) in [6, 6.07) is 0. The number of hydrogen-bond acceptors (Lipinski definition) is 3. The van der Waals surface area contributed by atoms with Gasteiger partial charge < -0.3 is 5.11 Å². The fourth-order valence-electron chi connectivity index (χ4n) is 1.49. The average Bonchev–Trinajstić information content (AvgIpc) is 2.68. The lowest BCUT2D eigenvalue weighted by Gasteiger charge is -2.07. The summed E-state index contributed by atoms with van der Waals surface area (Å²) in [4.78, 5) is 0. The molecule has 1 saturated heterocycles. The minimum absolute atomic E-state index is 0.750. The Morgan fingerprint density at radius 1 is 1.29 bits per heavy atom. The van der Waals surface area contributed by atoms with Crippen LogP contribution < -0.4 is 5.11 Å². The lowest BCUT2D eigenvalue weighted by Crippen LogP contribution is -1.97. The molecule has 14 heavy (non-hydrogen) atoms. The number of hydrogen-bond donors (Lipinski definition) is 0. The lowest BCUT2D eigenvalue weighted by atomic mass is 10.0. The van der Waals surface area contributed by atoms with E-state index in [-0.39, 0.29) is 0 Å². The summed E-state index contributed by atoms with van der Waals surface area (Å²) in [7, 11) is 4.93. The van der Waals surface area contributed by atoms with Crippen LogP contribution in [0.4, 0.5) is 0 Å². The van der Waals surface area contributed by atoms with E-state index >= 15 is 0 Å². The van der Waals surface area contributed by atoms with Crippen molar-refractivity contribution in [3.8, 4) is 0 Å². The molecule has 0 amide bonds. The molecule has 1 nitrogen and oxygen atoms in total. The lowest BCUT2D eigenvalue weighted by molar-refractivity contribution is -0.325. The SMILES string of the molecule is CC(C)CCCCC1CCSS1.C[O-]. The van der Waals surface area contributed by atoms with Crippen LogP contribution in [0.3, 0.4) is 0 Å². The smallest absolute Gasteiger partial charge is 0.0159 e. The fraction of sp³-hybridized carbons (Fsp3) is 1.00. The van der Waals surface area contributed by atoms with Gasteiger partial charge in [-0.1, -0.05) is 54.7 Å². The first-order valence-corrected chi connectivity index (χ1v) is 7.86. The molecule has 86 valence electrons. The van der Waals surface area contributed by atoms with E-state index in [1.807, 2.05) is 0 Å². The van der Waals surface area contributed by atoms with Crippen LogP contribution in [0.25, 0.3) is 0 Å². The zero-order valence-electron chi connectivity index (χ0n) is 9.62. The van der Waals surface area contributed by atoms with E-state index in [2.05, 4.69) is 35.4 Å². The van der Waals surface area contributed by atoms with Crippen LogP contribution >= 0.6 is 21.6 Å². The van der Waals surface area contributed by atoms with Crippen molar-refractivity contribution < 1.29 is 5.11 Å². The largest absolute Gasteiger partial charge is 0.857 e. The molecule has 1 atom stereocenters. The van der Waals surface area contributed by atoms with E-state index in [9.17, 15) is 0 Å². The zero-order chi connectivity index (χ0) is 10.8. The minimum Gasteiger partial charge on any atom is -0.857 e. The Balaban J connectivity index is 0.000000791. The van der Waals surface area contributed by atoms with Crippen LogP contribution in [0, 0.1) is 5.92 Å². The zero-order valence-corrected chi connectivity index (χ0v) is 11.3. The molecule has 0 saturated carbocycles. The van der Waals surface area contributed by atoms with Crippen LogP contribution in [0.5, 0.6) is 0 Å². The molecule has 1 unspecified atom stereocenters. The second kappa shape index (κ2) is 10.2. The van der Waals surface area contributed by atoms with Gasteiger partial charge in [0.2, 0.25) is 0 Å². The molecule has 1 heterocycles. The first-order valence-electron chi connectivity index (χ1n) is 5.48. The van der Waals surface area contributed by atoms with E-state index in [1.165, 1.54) is 37.9 Å². The highest BCUT2D eigenvalue weighted by Crippen LogP contribution is 2.39. The first-order chi connectivity index (χ1) is 6.79. The molecule has 0 aliphatic carbocycles. The highest BCUT2D eigenvalue weighted by Gasteiger charge is 2.15. The minimum atomic E-state index is 0.750. The van der Waals surface area contributed by atoms with Gasteiger partial charge in [-0.25, -0.2) is 0 Å². The summed E-state index contributed by atoms with van der Waals surface area (Å²) in [5, 5.41) is 9.24. The molecule has 3 heteroatoms. The topological polar surface area (TPSA) is 23.1 Å². The summed E-state index contributed by atoms with van der Waals surface area (Å²) in [5.74, 6) is 2.29. The standard InChI is InChI=1S/C10H20S2.CH3O/c1-9(2)5-3-4-6-10-7-8-11-12-10;1-2/h9-10H,3-8H2,1-2H3;1H3/q;-1. The van der Waals surface area contributed by atoms with Crippen molar-refractivity contribution in [3.05, 3.63) is 0 Å². The fourth-order valence-corrected chi connectivity index (χ4v) is 4.52. The first kappa shape index (κ1) is 14.7. The van der Waals surface area contributed by atoms with E-state index in [0.717, 1.165) is 18.3 Å². The third-order valence-electron chi connectivity index (χ3n) is 2.28. The molecule has 0 bridgehead atoms. The molecule has 1 fully saturated rings. The van der Waals surface area contributed by atoms with Gasteiger partial charge in [-0.15, -0.1) is 0 Å². The van der Waals surface area contributed by atoms with E-state index < -0.39 is 0 Å². The molecular weight excluding hydrogens is 212 g/mol. The van der Waals surface area contributed by atoms with E-state index in [0.29, 0.717) is 0 Å². The predicted molar refractivity (Wildman–Crippen MR) is 67.7 cm³/mol. The molecule has 0 aromatic rings. The monoisotopic (exact) mass is 235 g/mol. The summed E-state index contributed by atoms with van der Waals surface area (Å²) in [5.41, 5.74) is 0. The third kappa shape index (κ3) is 8.01. The maximum absolute atomic E-state index is 8.25. The van der Waals surface area contributed by atoms with Crippen LogP contribution in [0.1, 0.15) is 46.0 Å². The molecule has 0 N–H and O–H groups in total. The van der Waals surface area contributed by atoms with Crippen LogP contribution in [0.2, 0.25) is 0 Å². The quantitative estimate of drug-likeness (QED) is 0.539. The van der Waals surface area contributed by atoms with Crippen LogP contribution in [-0.4, -0.2) is 18.1 Å². The predicted octanol–water partition coefficient (Wildman–Crippen LogP) is 3.33. The van der Waals surface area contributed by atoms with Crippen molar-refractivity contribution in [2.75, 3.05) is 12.9 Å². The molecule has 1 aliphatic heterocycles. The third-order valence-corrected chi connectivity index (χ3v) is 5.29. The van der Waals surface area contributed by atoms with Gasteiger partial charge in [-0.3, -0.25) is 0 Å². The van der Waals surface area contributed by atoms with Gasteiger partial charge in [0.15, 0.2) is 0 Å². The van der Waals surface area contributed by atoms with Crippen molar-refractivity contribution in [1.29, 1.82) is 0 Å². The Morgan fingerprint density at radius 2 is 2.00 bits per heavy atom. The van der Waals surface area contributed by atoms with Gasteiger partial charge in [0.25, 0.3) is 0 Å². The highest BCUT2D eigenvalue weighted by atomic mass is 33.1. The maximum atomic E-state index is 8.25. The summed E-state index contributed by atoms with van der Waals surface area (Å²) in [6.45, 7) is 4.64. The number of rotatable bonds is 5. The second-order valence-corrected chi connectivity index (χ2v) is 6.79. The Morgan fingerprint density at radius 3 is 2.50 bits per heavy atom. The molecule has 0 spiro atoms. The molecular formula is C11H23OS2-. The van der Waals surface area contributed by atoms with Gasteiger partial charge in [-0.2, -0.15) is 7.11 Å².